The lowest BCUT2D eigenvalue weighted by molar-refractivity contribution is -0.120. The van der Waals surface area contributed by atoms with Gasteiger partial charge in [-0.2, -0.15) is 0 Å². The minimum absolute atomic E-state index is 0.129. The molecule has 0 bridgehead atoms. The van der Waals surface area contributed by atoms with E-state index >= 15 is 0 Å². The molecule has 0 atom stereocenters. The highest BCUT2D eigenvalue weighted by atomic mass is 16.5. The Morgan fingerprint density at radius 3 is 2.58 bits per heavy atom. The molecule has 0 saturated heterocycles. The van der Waals surface area contributed by atoms with Crippen LogP contribution in [0.2, 0.25) is 0 Å². The number of nitrogens with zero attached hydrogens (tertiary/aromatic N) is 2. The standard InChI is InChI=1S/C26H35N3O2/c1-4-26(30)27-14-9-5-6-13-25-28-23-11-7-8-12-24(23)29(25)15-10-16-31-22-18-20(2)17-21(3)19-22/h7-8,11-12,17-19H,4-6,9-10,13-16H2,1-3H3,(H,27,30). The largest absolute Gasteiger partial charge is 0.494 e. The molecule has 166 valence electrons. The van der Waals surface area contributed by atoms with E-state index in [1.807, 2.05) is 13.0 Å². The first-order chi connectivity index (χ1) is 15.1. The molecule has 1 aromatic heterocycles. The summed E-state index contributed by atoms with van der Waals surface area (Å²) in [6.45, 7) is 8.42. The van der Waals surface area contributed by atoms with E-state index in [1.165, 1.54) is 16.6 Å². The smallest absolute Gasteiger partial charge is 0.219 e. The Kier molecular flexibility index (Phi) is 8.51. The first-order valence-corrected chi connectivity index (χ1v) is 11.5. The van der Waals surface area contributed by atoms with Crippen molar-refractivity contribution in [1.29, 1.82) is 0 Å². The first kappa shape index (κ1) is 22.9. The second kappa shape index (κ2) is 11.5. The summed E-state index contributed by atoms with van der Waals surface area (Å²) in [6, 6.07) is 14.7. The van der Waals surface area contributed by atoms with Crippen molar-refractivity contribution >= 4 is 16.9 Å². The van der Waals surface area contributed by atoms with Crippen LogP contribution in [0.15, 0.2) is 42.5 Å². The van der Waals surface area contributed by atoms with Crippen molar-refractivity contribution in [3.05, 3.63) is 59.4 Å². The third kappa shape index (κ3) is 6.84. The van der Waals surface area contributed by atoms with Gasteiger partial charge in [0.25, 0.3) is 0 Å². The van der Waals surface area contributed by atoms with Gasteiger partial charge in [0.15, 0.2) is 0 Å². The molecule has 0 aliphatic heterocycles. The van der Waals surface area contributed by atoms with Crippen molar-refractivity contribution < 1.29 is 9.53 Å². The summed E-state index contributed by atoms with van der Waals surface area (Å²) in [5.74, 6) is 2.22. The number of carbonyl (C=O) groups excluding carboxylic acids is 1. The fourth-order valence-corrected chi connectivity index (χ4v) is 3.93. The van der Waals surface area contributed by atoms with Crippen LogP contribution in [-0.2, 0) is 17.8 Å². The maximum absolute atomic E-state index is 11.3. The lowest BCUT2D eigenvalue weighted by atomic mass is 10.1. The molecule has 5 nitrogen and oxygen atoms in total. The predicted octanol–water partition coefficient (Wildman–Crippen LogP) is 5.36. The number of imidazole rings is 1. The SMILES string of the molecule is CCC(=O)NCCCCCc1nc2ccccc2n1CCCOc1cc(C)cc(C)c1. The summed E-state index contributed by atoms with van der Waals surface area (Å²) >= 11 is 0. The van der Waals surface area contributed by atoms with E-state index in [0.29, 0.717) is 13.0 Å². The molecule has 0 radical (unpaired) electrons. The van der Waals surface area contributed by atoms with Gasteiger partial charge in [0.05, 0.1) is 17.6 Å². The number of para-hydroxylation sites is 2. The van der Waals surface area contributed by atoms with Crippen molar-refractivity contribution in [3.63, 3.8) is 0 Å². The monoisotopic (exact) mass is 421 g/mol. The zero-order chi connectivity index (χ0) is 22.1. The van der Waals surface area contributed by atoms with Gasteiger partial charge in [-0.15, -0.1) is 0 Å². The van der Waals surface area contributed by atoms with E-state index < -0.39 is 0 Å². The van der Waals surface area contributed by atoms with Crippen LogP contribution in [0.25, 0.3) is 11.0 Å². The van der Waals surface area contributed by atoms with Crippen LogP contribution in [0.1, 0.15) is 56.0 Å². The van der Waals surface area contributed by atoms with Crippen LogP contribution in [0, 0.1) is 13.8 Å². The minimum Gasteiger partial charge on any atom is -0.494 e. The van der Waals surface area contributed by atoms with Gasteiger partial charge in [0.2, 0.25) is 5.91 Å². The third-order valence-corrected chi connectivity index (χ3v) is 5.44. The van der Waals surface area contributed by atoms with Gasteiger partial charge in [-0.1, -0.05) is 31.5 Å². The van der Waals surface area contributed by atoms with Gasteiger partial charge in [0.1, 0.15) is 11.6 Å². The fourth-order valence-electron chi connectivity index (χ4n) is 3.93. The molecule has 31 heavy (non-hydrogen) atoms. The molecule has 3 rings (SSSR count). The normalized spacial score (nSPS) is 11.1. The Balaban J connectivity index is 1.53. The maximum Gasteiger partial charge on any atom is 0.219 e. The summed E-state index contributed by atoms with van der Waals surface area (Å²) in [5, 5.41) is 2.94. The van der Waals surface area contributed by atoms with Crippen molar-refractivity contribution in [2.45, 2.75) is 65.8 Å². The number of rotatable bonds is 12. The van der Waals surface area contributed by atoms with E-state index in [1.54, 1.807) is 0 Å². The van der Waals surface area contributed by atoms with Crippen LogP contribution in [0.5, 0.6) is 5.75 Å². The number of aryl methyl sites for hydroxylation is 4. The molecule has 5 heteroatoms. The van der Waals surface area contributed by atoms with E-state index in [9.17, 15) is 4.79 Å². The quantitative estimate of drug-likeness (QED) is 0.401. The van der Waals surface area contributed by atoms with Crippen LogP contribution < -0.4 is 10.1 Å². The lowest BCUT2D eigenvalue weighted by Gasteiger charge is -2.11. The number of carbonyl (C=O) groups is 1. The third-order valence-electron chi connectivity index (χ3n) is 5.44. The molecule has 0 fully saturated rings. The molecular formula is C26H35N3O2. The highest BCUT2D eigenvalue weighted by Crippen LogP contribution is 2.19. The molecule has 0 aliphatic carbocycles. The Hall–Kier alpha value is -2.82. The topological polar surface area (TPSA) is 56.2 Å². The Morgan fingerprint density at radius 2 is 1.81 bits per heavy atom. The number of hydrogen-bond donors (Lipinski definition) is 1. The van der Waals surface area contributed by atoms with E-state index in [-0.39, 0.29) is 5.91 Å². The van der Waals surface area contributed by atoms with Gasteiger partial charge in [-0.3, -0.25) is 4.79 Å². The summed E-state index contributed by atoms with van der Waals surface area (Å²) < 4.78 is 8.35. The highest BCUT2D eigenvalue weighted by Gasteiger charge is 2.10. The summed E-state index contributed by atoms with van der Waals surface area (Å²) in [6.07, 6.45) is 5.61. The summed E-state index contributed by atoms with van der Waals surface area (Å²) in [7, 11) is 0. The Morgan fingerprint density at radius 1 is 1.03 bits per heavy atom. The zero-order valence-electron chi connectivity index (χ0n) is 19.1. The van der Waals surface area contributed by atoms with Gasteiger partial charge in [-0.25, -0.2) is 4.98 Å². The zero-order valence-corrected chi connectivity index (χ0v) is 19.1. The highest BCUT2D eigenvalue weighted by molar-refractivity contribution is 5.76. The molecule has 0 aliphatic rings. The molecular weight excluding hydrogens is 386 g/mol. The van der Waals surface area contributed by atoms with Crippen LogP contribution >= 0.6 is 0 Å². The Labute approximate surface area is 185 Å². The number of hydrogen-bond acceptors (Lipinski definition) is 3. The van der Waals surface area contributed by atoms with E-state index in [2.05, 4.69) is 60.1 Å². The van der Waals surface area contributed by atoms with E-state index in [4.69, 9.17) is 9.72 Å². The van der Waals surface area contributed by atoms with Gasteiger partial charge < -0.3 is 14.6 Å². The van der Waals surface area contributed by atoms with Gasteiger partial charge in [-0.05, 0) is 68.5 Å². The average Bonchev–Trinajstić information content (AvgIpc) is 3.10. The summed E-state index contributed by atoms with van der Waals surface area (Å²) in [5.41, 5.74) is 4.71. The van der Waals surface area contributed by atoms with Crippen LogP contribution in [-0.4, -0.2) is 28.6 Å². The van der Waals surface area contributed by atoms with Crippen LogP contribution in [0.4, 0.5) is 0 Å². The Bertz CT molecular complexity index is 973. The van der Waals surface area contributed by atoms with Crippen molar-refractivity contribution in [1.82, 2.24) is 14.9 Å². The average molecular weight is 422 g/mol. The van der Waals surface area contributed by atoms with Crippen molar-refractivity contribution in [2.75, 3.05) is 13.2 Å². The predicted molar refractivity (Wildman–Crippen MR) is 127 cm³/mol. The van der Waals surface area contributed by atoms with Crippen molar-refractivity contribution in [3.8, 4) is 5.75 Å². The number of ether oxygens (including phenoxy) is 1. The molecule has 0 saturated carbocycles. The number of nitrogens with one attached hydrogen (secondary N) is 1. The van der Waals surface area contributed by atoms with Gasteiger partial charge >= 0.3 is 0 Å². The molecule has 1 heterocycles. The first-order valence-electron chi connectivity index (χ1n) is 11.5. The molecule has 1 N–H and O–H groups in total. The van der Waals surface area contributed by atoms with Crippen LogP contribution in [0.3, 0.4) is 0 Å². The molecule has 2 aromatic carbocycles. The number of aromatic nitrogens is 2. The van der Waals surface area contributed by atoms with Gasteiger partial charge in [0, 0.05) is 25.9 Å². The maximum atomic E-state index is 11.3. The number of amides is 1. The molecule has 0 unspecified atom stereocenters. The second-order valence-electron chi connectivity index (χ2n) is 8.21. The summed E-state index contributed by atoms with van der Waals surface area (Å²) in [4.78, 5) is 16.2. The second-order valence-corrected chi connectivity index (χ2v) is 8.21. The lowest BCUT2D eigenvalue weighted by Crippen LogP contribution is -2.23. The minimum atomic E-state index is 0.129. The molecule has 0 spiro atoms. The number of fused-ring (bicyclic) bond motifs is 1. The number of benzene rings is 2. The van der Waals surface area contributed by atoms with E-state index in [0.717, 1.165) is 62.3 Å². The molecule has 1 amide bonds. The van der Waals surface area contributed by atoms with Crippen molar-refractivity contribution in [2.24, 2.45) is 0 Å². The fraction of sp³-hybridized carbons (Fsp3) is 0.462. The molecule has 3 aromatic rings. The number of unbranched alkanes of at least 4 members (excludes halogenated alkanes) is 2.